The lowest BCUT2D eigenvalue weighted by Crippen LogP contribution is -3.06. The molecule has 1 amide bonds. The highest BCUT2D eigenvalue weighted by Gasteiger charge is 2.20. The Bertz CT molecular complexity index is 928. The molecular weight excluding hydrogens is 395 g/mol. The van der Waals surface area contributed by atoms with Gasteiger partial charge in [-0.2, -0.15) is 8.42 Å². The molecule has 0 aromatic heterocycles. The molecule has 158 valence electrons. The number of carbonyl (C=O) groups is 1. The van der Waals surface area contributed by atoms with Gasteiger partial charge in [0.05, 0.1) is 32.4 Å². The molecule has 0 atom stereocenters. The lowest BCUT2D eigenvalue weighted by atomic mass is 10.1. The van der Waals surface area contributed by atoms with E-state index in [0.717, 1.165) is 12.1 Å². The molecule has 6 nitrogen and oxygen atoms in total. The fourth-order valence-corrected chi connectivity index (χ4v) is 3.09. The first-order chi connectivity index (χ1) is 13.6. The number of halogens is 1. The van der Waals surface area contributed by atoms with Gasteiger partial charge in [-0.25, -0.2) is 4.39 Å². The first-order valence-corrected chi connectivity index (χ1v) is 10.9. The molecule has 0 heterocycles. The van der Waals surface area contributed by atoms with E-state index in [1.54, 1.807) is 49.1 Å². The number of nitrogens with zero attached hydrogens (tertiary/aromatic N) is 1. The highest BCUT2D eigenvalue weighted by Crippen LogP contribution is 2.18. The van der Waals surface area contributed by atoms with E-state index < -0.39 is 21.2 Å². The van der Waals surface area contributed by atoms with E-state index in [1.807, 2.05) is 14.1 Å². The monoisotopic (exact) mass is 423 g/mol. The van der Waals surface area contributed by atoms with E-state index in [0.29, 0.717) is 18.7 Å². The molecule has 2 aromatic rings. The molecule has 0 radical (unpaired) electrons. The molecule has 0 saturated heterocycles. The number of nitrogens with one attached hydrogen (secondary N) is 1. The highest BCUT2D eigenvalue weighted by molar-refractivity contribution is 7.87. The molecule has 0 spiro atoms. The Balaban J connectivity index is 2.17. The van der Waals surface area contributed by atoms with Crippen molar-refractivity contribution >= 4 is 16.0 Å². The molecule has 0 saturated carbocycles. The van der Waals surface area contributed by atoms with Crippen molar-refractivity contribution in [1.29, 1.82) is 0 Å². The molecule has 0 unspecified atom stereocenters. The molecule has 0 aliphatic rings. The molecule has 29 heavy (non-hydrogen) atoms. The van der Waals surface area contributed by atoms with Gasteiger partial charge in [-0.15, -0.1) is 0 Å². The first kappa shape index (κ1) is 22.8. The van der Waals surface area contributed by atoms with E-state index in [2.05, 4.69) is 0 Å². The second-order valence-corrected chi connectivity index (χ2v) is 9.56. The standard InChI is InChI=1S/C21H27FN2O4S/c1-16(2)29(26,27)28-20-10-8-17(9-11-20)15-24(13-12-23(3)4)21(25)18-6-5-7-19(22)14-18/h5-11,14,16H,12-13,15H2,1-4H3/p+1. The van der Waals surface area contributed by atoms with Crippen molar-refractivity contribution in [3.63, 3.8) is 0 Å². The lowest BCUT2D eigenvalue weighted by Gasteiger charge is -2.23. The SMILES string of the molecule is CC(C)S(=O)(=O)Oc1ccc(CN(CC[NH+](C)C)C(=O)c2cccc(F)c2)cc1. The molecule has 8 heteroatoms. The summed E-state index contributed by atoms with van der Waals surface area (Å²) >= 11 is 0. The van der Waals surface area contributed by atoms with E-state index >= 15 is 0 Å². The number of quaternary nitrogens is 1. The minimum absolute atomic E-state index is 0.225. The van der Waals surface area contributed by atoms with E-state index in [-0.39, 0.29) is 11.7 Å². The Labute approximate surface area is 172 Å². The van der Waals surface area contributed by atoms with Gasteiger partial charge in [0.15, 0.2) is 0 Å². The van der Waals surface area contributed by atoms with Gasteiger partial charge in [-0.1, -0.05) is 18.2 Å². The average molecular weight is 424 g/mol. The first-order valence-electron chi connectivity index (χ1n) is 9.44. The van der Waals surface area contributed by atoms with Gasteiger partial charge in [0.25, 0.3) is 5.91 Å². The van der Waals surface area contributed by atoms with Gasteiger partial charge in [0.2, 0.25) is 0 Å². The van der Waals surface area contributed by atoms with E-state index in [1.165, 1.54) is 23.1 Å². The van der Waals surface area contributed by atoms with Crippen molar-refractivity contribution in [2.75, 3.05) is 27.2 Å². The highest BCUT2D eigenvalue weighted by atomic mass is 32.2. The molecule has 0 bridgehead atoms. The zero-order valence-corrected chi connectivity index (χ0v) is 18.0. The summed E-state index contributed by atoms with van der Waals surface area (Å²) in [4.78, 5) is 15.7. The van der Waals surface area contributed by atoms with Crippen molar-refractivity contribution in [2.45, 2.75) is 25.6 Å². The largest absolute Gasteiger partial charge is 0.382 e. The van der Waals surface area contributed by atoms with Gasteiger partial charge in [-0.05, 0) is 49.7 Å². The van der Waals surface area contributed by atoms with Gasteiger partial charge in [0.1, 0.15) is 11.6 Å². The fraction of sp³-hybridized carbons (Fsp3) is 0.381. The lowest BCUT2D eigenvalue weighted by molar-refractivity contribution is -0.857. The minimum Gasteiger partial charge on any atom is -0.382 e. The Morgan fingerprint density at radius 3 is 2.34 bits per heavy atom. The second-order valence-electron chi connectivity index (χ2n) is 7.46. The summed E-state index contributed by atoms with van der Waals surface area (Å²) in [5, 5.41) is -0.643. The number of carbonyl (C=O) groups excluding carboxylic acids is 1. The van der Waals surface area contributed by atoms with Gasteiger partial charge >= 0.3 is 10.1 Å². The predicted octanol–water partition coefficient (Wildman–Crippen LogP) is 1.73. The zero-order chi connectivity index (χ0) is 21.6. The van der Waals surface area contributed by atoms with Gasteiger partial charge < -0.3 is 14.0 Å². The maximum Gasteiger partial charge on any atom is 0.311 e. The normalized spacial score (nSPS) is 11.7. The third-order valence-corrected chi connectivity index (χ3v) is 5.91. The molecule has 0 fully saturated rings. The van der Waals surface area contributed by atoms with Crippen molar-refractivity contribution < 1.29 is 26.7 Å². The Morgan fingerprint density at radius 2 is 1.79 bits per heavy atom. The van der Waals surface area contributed by atoms with Crippen LogP contribution in [0.1, 0.15) is 29.8 Å². The summed E-state index contributed by atoms with van der Waals surface area (Å²) in [6, 6.07) is 12.2. The van der Waals surface area contributed by atoms with Crippen molar-refractivity contribution in [3.05, 3.63) is 65.5 Å². The minimum atomic E-state index is -3.66. The predicted molar refractivity (Wildman–Crippen MR) is 110 cm³/mol. The van der Waals surface area contributed by atoms with E-state index in [4.69, 9.17) is 4.18 Å². The number of benzene rings is 2. The summed E-state index contributed by atoms with van der Waals surface area (Å²) in [6.45, 7) is 4.64. The topological polar surface area (TPSA) is 68.1 Å². The second kappa shape index (κ2) is 9.84. The third-order valence-electron chi connectivity index (χ3n) is 4.33. The summed E-state index contributed by atoms with van der Waals surface area (Å²) in [7, 11) is 0.323. The quantitative estimate of drug-likeness (QED) is 0.624. The maximum absolute atomic E-state index is 13.5. The molecule has 0 aliphatic carbocycles. The van der Waals surface area contributed by atoms with Crippen LogP contribution in [0.3, 0.4) is 0 Å². The van der Waals surface area contributed by atoms with Crippen LogP contribution in [0.5, 0.6) is 5.75 Å². The smallest absolute Gasteiger partial charge is 0.311 e. The molecule has 1 N–H and O–H groups in total. The number of amides is 1. The number of likely N-dealkylation sites (N-methyl/N-ethyl adjacent to an activating group) is 1. The van der Waals surface area contributed by atoms with Crippen LogP contribution < -0.4 is 9.08 Å². The Kier molecular flexibility index (Phi) is 7.75. The van der Waals surface area contributed by atoms with Crippen LogP contribution in [0.15, 0.2) is 48.5 Å². The third kappa shape index (κ3) is 6.83. The summed E-state index contributed by atoms with van der Waals surface area (Å²) < 4.78 is 42.4. The van der Waals surface area contributed by atoms with Crippen LogP contribution >= 0.6 is 0 Å². The van der Waals surface area contributed by atoms with Crippen LogP contribution in [0.2, 0.25) is 0 Å². The van der Waals surface area contributed by atoms with Crippen molar-refractivity contribution in [2.24, 2.45) is 0 Å². The van der Waals surface area contributed by atoms with Crippen LogP contribution in [0.25, 0.3) is 0 Å². The molecular formula is C21H28FN2O4S+. The molecule has 0 aliphatic heterocycles. The summed E-state index contributed by atoms with van der Waals surface area (Å²) in [6.07, 6.45) is 0. The van der Waals surface area contributed by atoms with Gasteiger partial charge in [0, 0.05) is 12.1 Å². The van der Waals surface area contributed by atoms with Gasteiger partial charge in [-0.3, -0.25) is 4.79 Å². The number of rotatable bonds is 9. The summed E-state index contributed by atoms with van der Waals surface area (Å²) in [5.74, 6) is -0.487. The van der Waals surface area contributed by atoms with Crippen molar-refractivity contribution in [1.82, 2.24) is 4.90 Å². The molecule has 2 aromatic carbocycles. The van der Waals surface area contributed by atoms with Crippen molar-refractivity contribution in [3.8, 4) is 5.75 Å². The number of hydrogen-bond donors (Lipinski definition) is 1. The average Bonchev–Trinajstić information content (AvgIpc) is 2.65. The number of hydrogen-bond acceptors (Lipinski definition) is 4. The van der Waals surface area contributed by atoms with Crippen LogP contribution in [0, 0.1) is 5.82 Å². The Morgan fingerprint density at radius 1 is 1.14 bits per heavy atom. The van der Waals surface area contributed by atoms with Crippen LogP contribution in [-0.2, 0) is 16.7 Å². The Hall–Kier alpha value is -2.45. The molecule has 2 rings (SSSR count). The summed E-state index contributed by atoms with van der Waals surface area (Å²) in [5.41, 5.74) is 1.11. The zero-order valence-electron chi connectivity index (χ0n) is 17.2. The maximum atomic E-state index is 13.5. The fourth-order valence-electron chi connectivity index (χ4n) is 2.52. The van der Waals surface area contributed by atoms with Crippen LogP contribution in [0.4, 0.5) is 4.39 Å². The van der Waals surface area contributed by atoms with Crippen LogP contribution in [-0.4, -0.2) is 51.7 Å². The van der Waals surface area contributed by atoms with E-state index in [9.17, 15) is 17.6 Å².